The normalized spacial score (nSPS) is 24.3. The molecule has 2 heterocycles. The third-order valence-corrected chi connectivity index (χ3v) is 6.39. The Hall–Kier alpha value is -1.92. The van der Waals surface area contributed by atoms with Crippen LogP contribution in [0.25, 0.3) is 0 Å². The molecule has 0 bridgehead atoms. The van der Waals surface area contributed by atoms with Gasteiger partial charge in [0.05, 0.1) is 6.42 Å². The number of carbonyl (C=O) groups excluding carboxylic acids is 1. The van der Waals surface area contributed by atoms with E-state index in [-0.39, 0.29) is 18.2 Å². The summed E-state index contributed by atoms with van der Waals surface area (Å²) < 4.78 is 0. The summed E-state index contributed by atoms with van der Waals surface area (Å²) in [5, 5.41) is 9.18. The molecule has 0 spiro atoms. The van der Waals surface area contributed by atoms with Gasteiger partial charge in [-0.3, -0.25) is 14.5 Å². The van der Waals surface area contributed by atoms with Gasteiger partial charge in [-0.15, -0.1) is 0 Å². The molecule has 0 aliphatic carbocycles. The fourth-order valence-corrected chi connectivity index (χ4v) is 4.56. The first kappa shape index (κ1) is 20.8. The molecule has 2 saturated heterocycles. The van der Waals surface area contributed by atoms with Crippen molar-refractivity contribution in [1.29, 1.82) is 0 Å². The molecule has 1 aromatic rings. The highest BCUT2D eigenvalue weighted by Gasteiger charge is 2.35. The minimum atomic E-state index is -0.750. The van der Waals surface area contributed by atoms with Crippen molar-refractivity contribution in [3.05, 3.63) is 35.4 Å². The predicted molar refractivity (Wildman–Crippen MR) is 109 cm³/mol. The Kier molecular flexibility index (Phi) is 7.08. The second-order valence-corrected chi connectivity index (χ2v) is 8.33. The molecule has 0 aromatic heterocycles. The van der Waals surface area contributed by atoms with Crippen molar-refractivity contribution in [2.45, 2.75) is 38.6 Å². The SMILES string of the molecule is Cc1ccccc1CC(=O)N1CC[C@H](N2CCN(C)CC2)[C@H](CCC(=O)O)C1. The summed E-state index contributed by atoms with van der Waals surface area (Å²) in [6.07, 6.45) is 2.18. The van der Waals surface area contributed by atoms with Crippen LogP contribution in [0.3, 0.4) is 0 Å². The van der Waals surface area contributed by atoms with Crippen LogP contribution in [-0.4, -0.2) is 84.0 Å². The number of benzene rings is 1. The fraction of sp³-hybridized carbons (Fsp3) is 0.636. The molecule has 2 aliphatic rings. The van der Waals surface area contributed by atoms with Crippen LogP contribution >= 0.6 is 0 Å². The number of aryl methyl sites for hydroxylation is 1. The lowest BCUT2D eigenvalue weighted by molar-refractivity contribution is -0.137. The molecule has 1 N–H and O–H groups in total. The van der Waals surface area contributed by atoms with Crippen molar-refractivity contribution < 1.29 is 14.7 Å². The highest BCUT2D eigenvalue weighted by Crippen LogP contribution is 2.28. The maximum atomic E-state index is 12.9. The van der Waals surface area contributed by atoms with Crippen molar-refractivity contribution in [2.24, 2.45) is 5.92 Å². The zero-order chi connectivity index (χ0) is 20.1. The number of likely N-dealkylation sites (tertiary alicyclic amines) is 1. The third kappa shape index (κ3) is 5.32. The zero-order valence-electron chi connectivity index (χ0n) is 17.1. The highest BCUT2D eigenvalue weighted by molar-refractivity contribution is 5.79. The Bertz CT molecular complexity index is 685. The molecule has 154 valence electrons. The fourth-order valence-electron chi connectivity index (χ4n) is 4.56. The lowest BCUT2D eigenvalue weighted by Gasteiger charge is -2.46. The molecule has 0 saturated carbocycles. The van der Waals surface area contributed by atoms with Gasteiger partial charge >= 0.3 is 5.97 Å². The van der Waals surface area contributed by atoms with Gasteiger partial charge in [0, 0.05) is 51.7 Å². The van der Waals surface area contributed by atoms with Gasteiger partial charge in [-0.2, -0.15) is 0 Å². The summed E-state index contributed by atoms with van der Waals surface area (Å²) in [6.45, 7) is 7.65. The maximum absolute atomic E-state index is 12.9. The number of carboxylic acids is 1. The minimum absolute atomic E-state index is 0.159. The average Bonchev–Trinajstić information content (AvgIpc) is 2.68. The number of piperidine rings is 1. The van der Waals surface area contributed by atoms with Crippen LogP contribution in [0.1, 0.15) is 30.4 Å². The summed E-state index contributed by atoms with van der Waals surface area (Å²) in [5.41, 5.74) is 2.22. The minimum Gasteiger partial charge on any atom is -0.481 e. The van der Waals surface area contributed by atoms with E-state index in [9.17, 15) is 14.7 Å². The highest BCUT2D eigenvalue weighted by atomic mass is 16.4. The number of piperazine rings is 1. The standard InChI is InChI=1S/C22H33N3O3/c1-17-5-3-4-6-18(17)15-21(26)25-10-9-20(19(16-25)7-8-22(27)28)24-13-11-23(2)12-14-24/h3-6,19-20H,7-16H2,1-2H3,(H,27,28)/t19-,20+/m1/s1. The number of aliphatic carboxylic acids is 1. The lowest BCUT2D eigenvalue weighted by atomic mass is 9.86. The van der Waals surface area contributed by atoms with Crippen LogP contribution in [0.4, 0.5) is 0 Å². The van der Waals surface area contributed by atoms with E-state index in [1.165, 1.54) is 0 Å². The number of hydrogen-bond acceptors (Lipinski definition) is 4. The van der Waals surface area contributed by atoms with Crippen LogP contribution in [0, 0.1) is 12.8 Å². The first-order chi connectivity index (χ1) is 13.4. The molecule has 1 amide bonds. The Morgan fingerprint density at radius 2 is 1.82 bits per heavy atom. The van der Waals surface area contributed by atoms with Gasteiger partial charge in [0.1, 0.15) is 0 Å². The molecule has 1 aromatic carbocycles. The number of amides is 1. The summed E-state index contributed by atoms with van der Waals surface area (Å²) in [7, 11) is 2.14. The number of hydrogen-bond donors (Lipinski definition) is 1. The van der Waals surface area contributed by atoms with E-state index < -0.39 is 5.97 Å². The van der Waals surface area contributed by atoms with Crippen molar-refractivity contribution in [2.75, 3.05) is 46.3 Å². The topological polar surface area (TPSA) is 64.1 Å². The van der Waals surface area contributed by atoms with Crippen LogP contribution in [0.2, 0.25) is 0 Å². The molecule has 2 aliphatic heterocycles. The number of nitrogens with zero attached hydrogens (tertiary/aromatic N) is 3. The molecule has 2 atom stereocenters. The Morgan fingerprint density at radius 3 is 2.50 bits per heavy atom. The van der Waals surface area contributed by atoms with Crippen LogP contribution < -0.4 is 0 Å². The molecule has 0 radical (unpaired) electrons. The van der Waals surface area contributed by atoms with Gasteiger partial charge in [0.15, 0.2) is 0 Å². The van der Waals surface area contributed by atoms with Gasteiger partial charge in [-0.1, -0.05) is 24.3 Å². The van der Waals surface area contributed by atoms with Crippen LogP contribution in [0.5, 0.6) is 0 Å². The van der Waals surface area contributed by atoms with E-state index in [0.717, 1.165) is 50.3 Å². The van der Waals surface area contributed by atoms with Crippen molar-refractivity contribution in [3.8, 4) is 0 Å². The number of carboxylic acid groups (broad SMARTS) is 1. The van der Waals surface area contributed by atoms with E-state index in [1.807, 2.05) is 36.1 Å². The monoisotopic (exact) mass is 387 g/mol. The average molecular weight is 388 g/mol. The van der Waals surface area contributed by atoms with Crippen molar-refractivity contribution in [3.63, 3.8) is 0 Å². The molecular formula is C22H33N3O3. The summed E-state index contributed by atoms with van der Waals surface area (Å²) in [4.78, 5) is 30.9. The predicted octanol–water partition coefficient (Wildman–Crippen LogP) is 1.87. The van der Waals surface area contributed by atoms with Crippen LogP contribution in [0.15, 0.2) is 24.3 Å². The van der Waals surface area contributed by atoms with E-state index in [0.29, 0.717) is 25.4 Å². The smallest absolute Gasteiger partial charge is 0.303 e. The van der Waals surface area contributed by atoms with E-state index in [2.05, 4.69) is 16.8 Å². The summed E-state index contributed by atoms with van der Waals surface area (Å²) in [5.74, 6) is -0.360. The molecule has 3 rings (SSSR count). The van der Waals surface area contributed by atoms with Crippen molar-refractivity contribution in [1.82, 2.24) is 14.7 Å². The number of likely N-dealkylation sites (N-methyl/N-ethyl adjacent to an activating group) is 1. The first-order valence-corrected chi connectivity index (χ1v) is 10.4. The van der Waals surface area contributed by atoms with Crippen LogP contribution in [-0.2, 0) is 16.0 Å². The van der Waals surface area contributed by atoms with Crippen molar-refractivity contribution >= 4 is 11.9 Å². The third-order valence-electron chi connectivity index (χ3n) is 6.39. The molecule has 28 heavy (non-hydrogen) atoms. The molecule has 2 fully saturated rings. The van der Waals surface area contributed by atoms with Gasteiger partial charge in [0.25, 0.3) is 0 Å². The Morgan fingerprint density at radius 1 is 1.11 bits per heavy atom. The molecule has 6 heteroatoms. The summed E-state index contributed by atoms with van der Waals surface area (Å²) in [6, 6.07) is 8.41. The van der Waals surface area contributed by atoms with E-state index in [1.54, 1.807) is 0 Å². The zero-order valence-corrected chi connectivity index (χ0v) is 17.1. The van der Waals surface area contributed by atoms with Gasteiger partial charge in [-0.05, 0) is 43.9 Å². The number of carbonyl (C=O) groups is 2. The Balaban J connectivity index is 1.65. The quantitative estimate of drug-likeness (QED) is 0.807. The molecule has 6 nitrogen and oxygen atoms in total. The maximum Gasteiger partial charge on any atom is 0.303 e. The first-order valence-electron chi connectivity index (χ1n) is 10.4. The van der Waals surface area contributed by atoms with E-state index >= 15 is 0 Å². The van der Waals surface area contributed by atoms with E-state index in [4.69, 9.17) is 0 Å². The van der Waals surface area contributed by atoms with Gasteiger partial charge < -0.3 is 14.9 Å². The number of rotatable bonds is 6. The largest absolute Gasteiger partial charge is 0.481 e. The second kappa shape index (κ2) is 9.52. The Labute approximate surface area is 168 Å². The second-order valence-electron chi connectivity index (χ2n) is 8.33. The van der Waals surface area contributed by atoms with Gasteiger partial charge in [0.2, 0.25) is 5.91 Å². The lowest BCUT2D eigenvalue weighted by Crippen LogP contribution is -2.57. The molecular weight excluding hydrogens is 354 g/mol. The summed E-state index contributed by atoms with van der Waals surface area (Å²) >= 11 is 0. The molecule has 0 unspecified atom stereocenters. The van der Waals surface area contributed by atoms with Gasteiger partial charge in [-0.25, -0.2) is 0 Å².